The van der Waals surface area contributed by atoms with E-state index < -0.39 is 0 Å². The molecule has 0 aliphatic carbocycles. The second-order valence-corrected chi connectivity index (χ2v) is 8.55. The van der Waals surface area contributed by atoms with E-state index in [0.717, 1.165) is 12.2 Å². The Labute approximate surface area is 208 Å². The average Bonchev–Trinajstić information content (AvgIpc) is 2.88. The summed E-state index contributed by atoms with van der Waals surface area (Å²) in [5.74, 6) is 1.90. The second-order valence-electron chi connectivity index (χ2n) is 8.55. The van der Waals surface area contributed by atoms with E-state index in [-0.39, 0.29) is 17.9 Å². The zero-order valence-corrected chi connectivity index (χ0v) is 21.0. The third-order valence-electron chi connectivity index (χ3n) is 5.89. The van der Waals surface area contributed by atoms with E-state index in [9.17, 15) is 9.59 Å². The van der Waals surface area contributed by atoms with Gasteiger partial charge in [-0.25, -0.2) is 0 Å². The lowest BCUT2D eigenvalue weighted by Gasteiger charge is -2.34. The van der Waals surface area contributed by atoms with Gasteiger partial charge in [-0.15, -0.1) is 0 Å². The molecule has 1 aliphatic heterocycles. The average molecular weight is 484 g/mol. The van der Waals surface area contributed by atoms with Crippen molar-refractivity contribution in [3.8, 4) is 17.2 Å². The van der Waals surface area contributed by atoms with Crippen molar-refractivity contribution in [3.05, 3.63) is 54.1 Å². The number of amides is 2. The number of rotatable bonds is 12. The van der Waals surface area contributed by atoms with Gasteiger partial charge in [0.25, 0.3) is 5.91 Å². The highest BCUT2D eigenvalue weighted by molar-refractivity contribution is 5.95. The van der Waals surface area contributed by atoms with Crippen molar-refractivity contribution in [2.75, 3.05) is 52.5 Å². The van der Waals surface area contributed by atoms with Crippen LogP contribution in [0.2, 0.25) is 0 Å². The fourth-order valence-electron chi connectivity index (χ4n) is 3.77. The van der Waals surface area contributed by atoms with Crippen LogP contribution in [-0.2, 0) is 4.79 Å². The molecule has 1 saturated heterocycles. The van der Waals surface area contributed by atoms with Gasteiger partial charge in [0, 0.05) is 37.8 Å². The van der Waals surface area contributed by atoms with E-state index in [1.807, 2.05) is 56.0 Å². The summed E-state index contributed by atoms with van der Waals surface area (Å²) in [5.41, 5.74) is 0.560. The molecule has 8 heteroatoms. The first-order valence-electron chi connectivity index (χ1n) is 12.4. The molecule has 1 fully saturated rings. The standard InChI is InChI=1S/C27H37N3O5/c1-4-21(3)28-26(31)20-29-13-15-30(16-14-29)27(32)22-11-12-24(25(19-22)33-5-2)35-18-17-34-23-9-7-6-8-10-23/h6-12,19,21H,4-5,13-18,20H2,1-3H3,(H,28,31). The number of para-hydroxylation sites is 1. The van der Waals surface area contributed by atoms with Gasteiger partial charge in [0.1, 0.15) is 19.0 Å². The van der Waals surface area contributed by atoms with Gasteiger partial charge in [0.15, 0.2) is 11.5 Å². The Kier molecular flexibility index (Phi) is 10.2. The molecule has 0 aromatic heterocycles. The van der Waals surface area contributed by atoms with E-state index in [1.165, 1.54) is 0 Å². The van der Waals surface area contributed by atoms with Crippen molar-refractivity contribution in [2.45, 2.75) is 33.2 Å². The lowest BCUT2D eigenvalue weighted by Crippen LogP contribution is -2.51. The number of carbonyl (C=O) groups is 2. The third kappa shape index (κ3) is 8.17. The number of hydrogen-bond acceptors (Lipinski definition) is 6. The van der Waals surface area contributed by atoms with Crippen LogP contribution < -0.4 is 19.5 Å². The molecule has 0 saturated carbocycles. The summed E-state index contributed by atoms with van der Waals surface area (Å²) in [6, 6.07) is 15.0. The van der Waals surface area contributed by atoms with Crippen molar-refractivity contribution >= 4 is 11.8 Å². The van der Waals surface area contributed by atoms with Gasteiger partial charge in [-0.2, -0.15) is 0 Å². The van der Waals surface area contributed by atoms with Crippen LogP contribution in [0.5, 0.6) is 17.2 Å². The topological polar surface area (TPSA) is 80.3 Å². The van der Waals surface area contributed by atoms with Gasteiger partial charge >= 0.3 is 0 Å². The summed E-state index contributed by atoms with van der Waals surface area (Å²) in [6.07, 6.45) is 0.906. The fourth-order valence-corrected chi connectivity index (χ4v) is 3.77. The van der Waals surface area contributed by atoms with Crippen molar-refractivity contribution in [2.24, 2.45) is 0 Å². The molecule has 2 aromatic rings. The molecule has 1 atom stereocenters. The predicted octanol–water partition coefficient (Wildman–Crippen LogP) is 3.22. The van der Waals surface area contributed by atoms with Crippen LogP contribution in [0.1, 0.15) is 37.6 Å². The Morgan fingerprint density at radius 1 is 0.914 bits per heavy atom. The van der Waals surface area contributed by atoms with Crippen molar-refractivity contribution in [3.63, 3.8) is 0 Å². The fraction of sp³-hybridized carbons (Fsp3) is 0.481. The second kappa shape index (κ2) is 13.6. The molecule has 190 valence electrons. The van der Waals surface area contributed by atoms with Crippen LogP contribution in [0.15, 0.2) is 48.5 Å². The summed E-state index contributed by atoms with van der Waals surface area (Å²) in [7, 11) is 0. The number of ether oxygens (including phenoxy) is 3. The van der Waals surface area contributed by atoms with E-state index in [4.69, 9.17) is 14.2 Å². The Morgan fingerprint density at radius 2 is 1.63 bits per heavy atom. The van der Waals surface area contributed by atoms with Gasteiger partial charge in [-0.1, -0.05) is 25.1 Å². The number of nitrogens with zero attached hydrogens (tertiary/aromatic N) is 2. The molecular formula is C27H37N3O5. The Balaban J connectivity index is 1.51. The molecule has 2 aromatic carbocycles. The molecule has 3 rings (SSSR count). The summed E-state index contributed by atoms with van der Waals surface area (Å²) in [4.78, 5) is 29.2. The maximum absolute atomic E-state index is 13.1. The first-order valence-corrected chi connectivity index (χ1v) is 12.4. The van der Waals surface area contributed by atoms with Crippen LogP contribution in [-0.4, -0.2) is 80.2 Å². The maximum atomic E-state index is 13.1. The molecular weight excluding hydrogens is 446 g/mol. The highest BCUT2D eigenvalue weighted by Crippen LogP contribution is 2.29. The van der Waals surface area contributed by atoms with E-state index >= 15 is 0 Å². The molecule has 1 aliphatic rings. The number of benzene rings is 2. The van der Waals surface area contributed by atoms with Crippen LogP contribution in [0.25, 0.3) is 0 Å². The van der Waals surface area contributed by atoms with Gasteiger partial charge in [0.05, 0.1) is 13.2 Å². The summed E-state index contributed by atoms with van der Waals surface area (Å²) < 4.78 is 17.3. The van der Waals surface area contributed by atoms with Gasteiger partial charge in [-0.3, -0.25) is 14.5 Å². The molecule has 35 heavy (non-hydrogen) atoms. The van der Waals surface area contributed by atoms with Crippen LogP contribution >= 0.6 is 0 Å². The number of carbonyl (C=O) groups excluding carboxylic acids is 2. The normalized spacial score (nSPS) is 14.8. The Bertz CT molecular complexity index is 945. The molecule has 1 N–H and O–H groups in total. The maximum Gasteiger partial charge on any atom is 0.254 e. The van der Waals surface area contributed by atoms with Gasteiger partial charge < -0.3 is 24.4 Å². The third-order valence-corrected chi connectivity index (χ3v) is 5.89. The molecule has 1 heterocycles. The van der Waals surface area contributed by atoms with Crippen molar-refractivity contribution in [1.29, 1.82) is 0 Å². The largest absolute Gasteiger partial charge is 0.490 e. The van der Waals surface area contributed by atoms with Crippen LogP contribution in [0.4, 0.5) is 0 Å². The monoisotopic (exact) mass is 483 g/mol. The highest BCUT2D eigenvalue weighted by atomic mass is 16.5. The highest BCUT2D eigenvalue weighted by Gasteiger charge is 2.24. The van der Waals surface area contributed by atoms with E-state index in [0.29, 0.717) is 69.6 Å². The Hall–Kier alpha value is -3.26. The smallest absolute Gasteiger partial charge is 0.254 e. The minimum Gasteiger partial charge on any atom is -0.490 e. The SMILES string of the molecule is CCOc1cc(C(=O)N2CCN(CC(=O)NC(C)CC)CC2)ccc1OCCOc1ccccc1. The summed E-state index contributed by atoms with van der Waals surface area (Å²) in [6.45, 7) is 10.0. The summed E-state index contributed by atoms with van der Waals surface area (Å²) >= 11 is 0. The predicted molar refractivity (Wildman–Crippen MR) is 135 cm³/mol. The first-order chi connectivity index (χ1) is 17.0. The number of hydrogen-bond donors (Lipinski definition) is 1. The van der Waals surface area contributed by atoms with Crippen LogP contribution in [0.3, 0.4) is 0 Å². The number of nitrogens with one attached hydrogen (secondary N) is 1. The van der Waals surface area contributed by atoms with Crippen molar-refractivity contribution in [1.82, 2.24) is 15.1 Å². The Morgan fingerprint density at radius 3 is 2.31 bits per heavy atom. The number of piperazine rings is 1. The van der Waals surface area contributed by atoms with E-state index in [2.05, 4.69) is 10.2 Å². The lowest BCUT2D eigenvalue weighted by atomic mass is 10.1. The van der Waals surface area contributed by atoms with E-state index in [1.54, 1.807) is 18.2 Å². The molecule has 0 bridgehead atoms. The van der Waals surface area contributed by atoms with Gasteiger partial charge in [0.2, 0.25) is 5.91 Å². The quantitative estimate of drug-likeness (QED) is 0.467. The lowest BCUT2D eigenvalue weighted by molar-refractivity contribution is -0.123. The molecule has 1 unspecified atom stereocenters. The minimum absolute atomic E-state index is 0.0326. The minimum atomic E-state index is -0.0476. The van der Waals surface area contributed by atoms with Gasteiger partial charge in [-0.05, 0) is 50.6 Å². The zero-order chi connectivity index (χ0) is 25.0. The molecule has 0 radical (unpaired) electrons. The van der Waals surface area contributed by atoms with Crippen LogP contribution in [0, 0.1) is 0 Å². The molecule has 2 amide bonds. The molecule has 8 nitrogen and oxygen atoms in total. The molecule has 0 spiro atoms. The first kappa shape index (κ1) is 26.3. The zero-order valence-electron chi connectivity index (χ0n) is 21.0. The summed E-state index contributed by atoms with van der Waals surface area (Å²) in [5, 5.41) is 2.99. The van der Waals surface area contributed by atoms with Crippen molar-refractivity contribution < 1.29 is 23.8 Å².